The maximum atomic E-state index is 14.6. The Morgan fingerprint density at radius 2 is 1.48 bits per heavy atom. The SMILES string of the molecule is CN[C@@H](C)C(=O)N[C@H](C(=O)N1CCC[C@H]1c1nc(C(=O)c2cccc(OCCCCCCC(=O)N3CCN(CC[C@H](CSc4ccccc4)Nc4ccc(S(=O)(=O)NC(=O)c5ccc(N6CCN(CC7=C(c8ccc(Cl)cc8)CCC(C)(C)C7)CC6)cc5)cc4S(=O)(=O)C(F)(F)F)CC3)c2)cs1)C1CCCCC1. The summed E-state index contributed by atoms with van der Waals surface area (Å²) in [5.41, 5.74) is -0.543. The smallest absolute Gasteiger partial charge is 0.494 e. The Bertz CT molecular complexity index is 4360. The highest BCUT2D eigenvalue weighted by Crippen LogP contribution is 2.44. The Balaban J connectivity index is 0.628. The predicted octanol–water partition coefficient (Wildman–Crippen LogP) is 13.7. The topological polar surface area (TPSA) is 240 Å². The average Bonchev–Trinajstić information content (AvgIpc) is 0.931. The van der Waals surface area contributed by atoms with Crippen molar-refractivity contribution in [1.82, 2.24) is 39.9 Å². The average molecular weight is 1580 g/mol. The maximum absolute atomic E-state index is 14.6. The Morgan fingerprint density at radius 1 is 0.769 bits per heavy atom. The number of carbonyl (C=O) groups excluding carboxylic acids is 5. The lowest BCUT2D eigenvalue weighted by Crippen LogP contribution is -2.55. The van der Waals surface area contributed by atoms with Crippen molar-refractivity contribution in [3.63, 3.8) is 0 Å². The van der Waals surface area contributed by atoms with Crippen LogP contribution < -0.4 is 30.3 Å². The standard InChI is InChI=1S/C80H100ClF3N10O10S4/c1-55(85-4)75(97)88-73(57-17-9-7-10-18-57)78(99)94-38-16-23-70(94)77-87-69(54-106-77)74(96)59-19-15-20-64(49-59)104-48-14-6-5-13-24-72(95)93-46-40-90(41-47-93)39-36-62(53-105-65-21-11-8-12-22-65)86-68-34-33-66(50-71(68)107(100,101)80(82,83)84)108(102,103)89-76(98)58-27-31-63(32-28-58)92-44-42-91(43-45-92)52-60-51-79(2,3)37-35-67(60)56-25-29-61(81)30-26-56/h8,11-12,15,19-22,25-34,49-50,54-55,57,62,70,73,85-86H,5-7,9-10,13-14,16-18,23-24,35-48,51-53H2,1-4H3,(H,88,97)(H,89,98)/t55-,62+,70-,73-/m0/s1. The number of likely N-dealkylation sites (N-methyl/N-ethyl adjacent to an activating group) is 1. The van der Waals surface area contributed by atoms with E-state index < -0.39 is 64.9 Å². The second kappa shape index (κ2) is 37.1. The Kier molecular flexibility index (Phi) is 28.0. The molecule has 0 radical (unpaired) electrons. The number of sulfone groups is 1. The second-order valence-corrected chi connectivity index (χ2v) is 35.8. The van der Waals surface area contributed by atoms with Gasteiger partial charge in [-0.25, -0.2) is 26.5 Å². The number of alkyl halides is 3. The number of piperazine rings is 2. The van der Waals surface area contributed by atoms with Gasteiger partial charge in [0.2, 0.25) is 23.5 Å². The summed E-state index contributed by atoms with van der Waals surface area (Å²) in [4.78, 5) is 82.3. The number of allylic oxidation sites excluding steroid dienone is 1. The molecule has 28 heteroatoms. The minimum absolute atomic E-state index is 0.0313. The van der Waals surface area contributed by atoms with Crippen molar-refractivity contribution in [2.75, 3.05) is 102 Å². The summed E-state index contributed by atoms with van der Waals surface area (Å²) in [7, 11) is -9.38. The molecule has 11 rings (SSSR count). The number of ketones is 1. The van der Waals surface area contributed by atoms with Gasteiger partial charge in [0.1, 0.15) is 27.4 Å². The van der Waals surface area contributed by atoms with E-state index in [1.54, 1.807) is 55.7 Å². The van der Waals surface area contributed by atoms with Crippen LogP contribution in [-0.4, -0.2) is 186 Å². The van der Waals surface area contributed by atoms with E-state index >= 15 is 0 Å². The number of aromatic nitrogens is 1. The molecular formula is C80H100ClF3N10O10S4. The third-order valence-corrected chi connectivity index (χ3v) is 26.8. The van der Waals surface area contributed by atoms with Crippen LogP contribution in [0.1, 0.15) is 167 Å². The van der Waals surface area contributed by atoms with Gasteiger partial charge < -0.3 is 35.4 Å². The summed E-state index contributed by atoms with van der Waals surface area (Å²) < 4.78 is 106. The minimum atomic E-state index is -6.16. The fourth-order valence-electron chi connectivity index (χ4n) is 15.1. The number of ether oxygens (including phenoxy) is 1. The van der Waals surface area contributed by atoms with E-state index in [9.17, 15) is 54.0 Å². The first-order valence-corrected chi connectivity index (χ1v) is 43.0. The van der Waals surface area contributed by atoms with Crippen LogP contribution in [-0.2, 0) is 34.2 Å². The summed E-state index contributed by atoms with van der Waals surface area (Å²) in [6.45, 7) is 13.6. The first kappa shape index (κ1) is 81.6. The molecular weight excluding hydrogens is 1480 g/mol. The number of likely N-dealkylation sites (tertiary alicyclic amines) is 1. The van der Waals surface area contributed by atoms with Crippen molar-refractivity contribution >= 4 is 101 Å². The van der Waals surface area contributed by atoms with Crippen LogP contribution in [0.4, 0.5) is 24.5 Å². The number of nitrogens with zero attached hydrogens (tertiary/aromatic N) is 6. The molecule has 4 amide bonds. The van der Waals surface area contributed by atoms with Gasteiger partial charge in [-0.2, -0.15) is 13.2 Å². The number of thioether (sulfide) groups is 1. The Hall–Kier alpha value is -7.37. The van der Waals surface area contributed by atoms with E-state index in [0.29, 0.717) is 118 Å². The summed E-state index contributed by atoms with van der Waals surface area (Å²) in [5, 5.41) is 12.2. The van der Waals surface area contributed by atoms with Crippen LogP contribution in [0, 0.1) is 11.3 Å². The van der Waals surface area contributed by atoms with Crippen molar-refractivity contribution in [2.24, 2.45) is 11.3 Å². The monoisotopic (exact) mass is 1580 g/mol. The Labute approximate surface area is 646 Å². The third-order valence-electron chi connectivity index (χ3n) is 21.5. The molecule has 1 saturated carbocycles. The summed E-state index contributed by atoms with van der Waals surface area (Å²) in [6.07, 6.45) is 13.3. The van der Waals surface area contributed by atoms with E-state index in [1.165, 1.54) is 51.9 Å². The fraction of sp³-hybridized carbons (Fsp3) is 0.500. The van der Waals surface area contributed by atoms with E-state index in [-0.39, 0.29) is 52.2 Å². The fourth-order valence-corrected chi connectivity index (χ4v) is 19.2. The molecule has 0 unspecified atom stereocenters. The Morgan fingerprint density at radius 3 is 2.19 bits per heavy atom. The van der Waals surface area contributed by atoms with Gasteiger partial charge in [-0.1, -0.05) is 106 Å². The highest BCUT2D eigenvalue weighted by molar-refractivity contribution is 7.99. The van der Waals surface area contributed by atoms with Crippen LogP contribution in [0.25, 0.3) is 5.57 Å². The van der Waals surface area contributed by atoms with Crippen molar-refractivity contribution in [3.8, 4) is 5.75 Å². The number of hydrogen-bond acceptors (Lipinski definition) is 18. The largest absolute Gasteiger partial charge is 0.501 e. The lowest BCUT2D eigenvalue weighted by Gasteiger charge is -2.39. The van der Waals surface area contributed by atoms with E-state index in [4.69, 9.17) is 21.3 Å². The number of benzene rings is 5. The van der Waals surface area contributed by atoms with Gasteiger partial charge in [0.15, 0.2) is 0 Å². The van der Waals surface area contributed by atoms with Crippen LogP contribution >= 0.6 is 34.7 Å². The summed E-state index contributed by atoms with van der Waals surface area (Å²) >= 11 is 9.01. The predicted molar refractivity (Wildman–Crippen MR) is 419 cm³/mol. The van der Waals surface area contributed by atoms with Gasteiger partial charge in [-0.05, 0) is 180 Å². The van der Waals surface area contributed by atoms with Gasteiger partial charge >= 0.3 is 5.51 Å². The summed E-state index contributed by atoms with van der Waals surface area (Å²) in [6, 6.07) is 31.1. The van der Waals surface area contributed by atoms with Crippen molar-refractivity contribution in [2.45, 2.75) is 168 Å². The molecule has 1 aromatic heterocycles. The third kappa shape index (κ3) is 21.4. The highest BCUT2D eigenvalue weighted by Gasteiger charge is 2.49. The van der Waals surface area contributed by atoms with Crippen LogP contribution in [0.3, 0.4) is 0 Å². The molecule has 0 bridgehead atoms. The molecule has 108 heavy (non-hydrogen) atoms. The molecule has 3 aliphatic heterocycles. The zero-order chi connectivity index (χ0) is 76.8. The lowest BCUT2D eigenvalue weighted by molar-refractivity contribution is -0.139. The van der Waals surface area contributed by atoms with Crippen molar-refractivity contribution < 1.29 is 58.7 Å². The van der Waals surface area contributed by atoms with Gasteiger partial charge in [0, 0.05) is 122 Å². The highest BCUT2D eigenvalue weighted by atomic mass is 35.5. The van der Waals surface area contributed by atoms with Crippen molar-refractivity contribution in [1.29, 1.82) is 0 Å². The molecule has 5 aliphatic rings. The number of anilines is 2. The summed E-state index contributed by atoms with van der Waals surface area (Å²) in [5.74, 6) is -0.668. The number of amides is 4. The molecule has 4 heterocycles. The maximum Gasteiger partial charge on any atom is 0.501 e. The molecule has 20 nitrogen and oxygen atoms in total. The normalized spacial score (nSPS) is 18.7. The lowest BCUT2D eigenvalue weighted by atomic mass is 9.73. The molecule has 582 valence electrons. The molecule has 2 aliphatic carbocycles. The number of halogens is 4. The van der Waals surface area contributed by atoms with Gasteiger partial charge in [0.25, 0.3) is 25.8 Å². The number of unbranched alkanes of at least 4 members (excludes halogenated alkanes) is 3. The zero-order valence-electron chi connectivity index (χ0n) is 61.9. The molecule has 3 saturated heterocycles. The number of nitrogens with one attached hydrogen (secondary N) is 4. The van der Waals surface area contributed by atoms with Crippen LogP contribution in [0.2, 0.25) is 5.02 Å². The molecule has 5 aromatic carbocycles. The molecule has 4 fully saturated rings. The molecule has 4 atom stereocenters. The van der Waals surface area contributed by atoms with E-state index in [0.717, 1.165) is 119 Å². The minimum Gasteiger partial charge on any atom is -0.494 e. The van der Waals surface area contributed by atoms with E-state index in [2.05, 4.69) is 56.6 Å². The number of sulfonamides is 1. The first-order chi connectivity index (χ1) is 51.7. The molecule has 6 aromatic rings. The zero-order valence-corrected chi connectivity index (χ0v) is 65.9. The van der Waals surface area contributed by atoms with Gasteiger partial charge in [-0.3, -0.25) is 33.8 Å². The van der Waals surface area contributed by atoms with Crippen LogP contribution in [0.15, 0.2) is 147 Å². The number of hydrogen-bond donors (Lipinski definition) is 4. The molecule has 0 spiro atoms. The van der Waals surface area contributed by atoms with E-state index in [1.807, 2.05) is 57.0 Å². The second-order valence-electron chi connectivity index (χ2n) is 29.8. The number of thiazole rings is 1. The number of rotatable bonds is 32. The number of carbonyl (C=O) groups is 5. The van der Waals surface area contributed by atoms with Crippen molar-refractivity contribution in [3.05, 3.63) is 165 Å². The van der Waals surface area contributed by atoms with Crippen LogP contribution in [0.5, 0.6) is 5.75 Å². The first-order valence-electron chi connectivity index (χ1n) is 37.7. The van der Waals surface area contributed by atoms with Gasteiger partial charge in [-0.15, -0.1) is 23.1 Å². The van der Waals surface area contributed by atoms with Gasteiger partial charge in [0.05, 0.1) is 29.3 Å². The molecule has 4 N–H and O–H groups in total. The quantitative estimate of drug-likeness (QED) is 0.0174.